The van der Waals surface area contributed by atoms with E-state index in [1.54, 1.807) is 6.07 Å². The molecule has 0 aromatic heterocycles. The zero-order chi connectivity index (χ0) is 16.9. The summed E-state index contributed by atoms with van der Waals surface area (Å²) < 4.78 is 27.3. The first-order valence-corrected chi connectivity index (χ1v) is 8.85. The van der Waals surface area contributed by atoms with Gasteiger partial charge in [0.1, 0.15) is 0 Å². The standard InChI is InChI=1S/C16H18N2O4S/c1-2-16(14-8-4-3-5-9-14)17-23(21,22)12-13-7-6-10-15(11-13)18(19)20/h3-11,16-17H,2,12H2,1H3. The lowest BCUT2D eigenvalue weighted by Gasteiger charge is -2.17. The zero-order valence-corrected chi connectivity index (χ0v) is 13.5. The van der Waals surface area contributed by atoms with Crippen LogP contribution in [0, 0.1) is 10.1 Å². The van der Waals surface area contributed by atoms with Crippen molar-refractivity contribution in [1.82, 2.24) is 4.72 Å². The van der Waals surface area contributed by atoms with Crippen molar-refractivity contribution in [2.75, 3.05) is 0 Å². The van der Waals surface area contributed by atoms with Gasteiger partial charge in [0.15, 0.2) is 0 Å². The van der Waals surface area contributed by atoms with Crippen molar-refractivity contribution in [3.05, 3.63) is 75.8 Å². The number of nitrogens with one attached hydrogen (secondary N) is 1. The van der Waals surface area contributed by atoms with Crippen LogP contribution < -0.4 is 4.72 Å². The third-order valence-corrected chi connectivity index (χ3v) is 4.77. The predicted octanol–water partition coefficient (Wildman–Crippen LogP) is 3.17. The van der Waals surface area contributed by atoms with Crippen LogP contribution in [0.4, 0.5) is 5.69 Å². The summed E-state index contributed by atoms with van der Waals surface area (Å²) >= 11 is 0. The third kappa shape index (κ3) is 4.87. The van der Waals surface area contributed by atoms with E-state index in [0.717, 1.165) is 5.56 Å². The number of rotatable bonds is 7. The molecular weight excluding hydrogens is 316 g/mol. The van der Waals surface area contributed by atoms with Gasteiger partial charge in [-0.2, -0.15) is 0 Å². The van der Waals surface area contributed by atoms with E-state index in [1.165, 1.54) is 18.2 Å². The fraction of sp³-hybridized carbons (Fsp3) is 0.250. The maximum Gasteiger partial charge on any atom is 0.269 e. The summed E-state index contributed by atoms with van der Waals surface area (Å²) in [5.41, 5.74) is 1.15. The number of sulfonamides is 1. The summed E-state index contributed by atoms with van der Waals surface area (Å²) in [6, 6.07) is 14.7. The van der Waals surface area contributed by atoms with Gasteiger partial charge in [0.05, 0.1) is 10.7 Å². The molecule has 0 saturated carbocycles. The highest BCUT2D eigenvalue weighted by Crippen LogP contribution is 2.19. The molecule has 1 unspecified atom stereocenters. The molecule has 0 spiro atoms. The highest BCUT2D eigenvalue weighted by molar-refractivity contribution is 7.88. The van der Waals surface area contributed by atoms with Crippen LogP contribution in [0.2, 0.25) is 0 Å². The summed E-state index contributed by atoms with van der Waals surface area (Å²) in [6.45, 7) is 1.90. The van der Waals surface area contributed by atoms with Crippen LogP contribution in [0.25, 0.3) is 0 Å². The fourth-order valence-electron chi connectivity index (χ4n) is 2.31. The van der Waals surface area contributed by atoms with Crippen LogP contribution in [0.15, 0.2) is 54.6 Å². The molecule has 6 nitrogen and oxygen atoms in total. The van der Waals surface area contributed by atoms with Crippen LogP contribution in [0.3, 0.4) is 0 Å². The number of hydrogen-bond acceptors (Lipinski definition) is 4. The second kappa shape index (κ2) is 7.34. The van der Waals surface area contributed by atoms with E-state index in [-0.39, 0.29) is 17.5 Å². The highest BCUT2D eigenvalue weighted by Gasteiger charge is 2.19. The molecule has 0 heterocycles. The van der Waals surface area contributed by atoms with Gasteiger partial charge in [0.2, 0.25) is 10.0 Å². The summed E-state index contributed by atoms with van der Waals surface area (Å²) in [4.78, 5) is 10.2. The molecule has 2 aromatic rings. The summed E-state index contributed by atoms with van der Waals surface area (Å²) in [5.74, 6) is -0.294. The second-order valence-electron chi connectivity index (χ2n) is 5.18. The van der Waals surface area contributed by atoms with Gasteiger partial charge < -0.3 is 0 Å². The Hall–Kier alpha value is -2.25. The first kappa shape index (κ1) is 17.1. The fourth-order valence-corrected chi connectivity index (χ4v) is 3.75. The Morgan fingerprint density at radius 3 is 2.43 bits per heavy atom. The Kier molecular flexibility index (Phi) is 5.46. The first-order chi connectivity index (χ1) is 10.9. The van der Waals surface area contributed by atoms with Crippen LogP contribution >= 0.6 is 0 Å². The number of nitro benzene ring substituents is 1. The second-order valence-corrected chi connectivity index (χ2v) is 6.93. The van der Waals surface area contributed by atoms with Crippen molar-refractivity contribution in [3.8, 4) is 0 Å². The molecular formula is C16H18N2O4S. The Labute approximate surface area is 135 Å². The topological polar surface area (TPSA) is 89.3 Å². The van der Waals surface area contributed by atoms with E-state index in [2.05, 4.69) is 4.72 Å². The number of nitro groups is 1. The molecule has 1 N–H and O–H groups in total. The van der Waals surface area contributed by atoms with Crippen molar-refractivity contribution in [1.29, 1.82) is 0 Å². The molecule has 0 aliphatic rings. The van der Waals surface area contributed by atoms with Crippen LogP contribution in [-0.2, 0) is 15.8 Å². The van der Waals surface area contributed by atoms with Crippen LogP contribution in [-0.4, -0.2) is 13.3 Å². The van der Waals surface area contributed by atoms with E-state index in [9.17, 15) is 18.5 Å². The van der Waals surface area contributed by atoms with Crippen molar-refractivity contribution < 1.29 is 13.3 Å². The molecule has 0 aliphatic carbocycles. The molecule has 23 heavy (non-hydrogen) atoms. The van der Waals surface area contributed by atoms with E-state index in [0.29, 0.717) is 12.0 Å². The van der Waals surface area contributed by atoms with Crippen molar-refractivity contribution in [2.24, 2.45) is 0 Å². The molecule has 0 aliphatic heterocycles. The summed E-state index contributed by atoms with van der Waals surface area (Å²) in [7, 11) is -3.61. The van der Waals surface area contributed by atoms with E-state index >= 15 is 0 Å². The third-order valence-electron chi connectivity index (χ3n) is 3.41. The van der Waals surface area contributed by atoms with E-state index < -0.39 is 14.9 Å². The first-order valence-electron chi connectivity index (χ1n) is 7.19. The van der Waals surface area contributed by atoms with Crippen molar-refractivity contribution >= 4 is 15.7 Å². The van der Waals surface area contributed by atoms with Gasteiger partial charge in [-0.1, -0.05) is 49.4 Å². The van der Waals surface area contributed by atoms with Gasteiger partial charge in [-0.15, -0.1) is 0 Å². The van der Waals surface area contributed by atoms with Crippen LogP contribution in [0.5, 0.6) is 0 Å². The normalized spacial score (nSPS) is 12.7. The van der Waals surface area contributed by atoms with Gasteiger partial charge in [-0.05, 0) is 17.5 Å². The van der Waals surface area contributed by atoms with Crippen LogP contribution in [0.1, 0.15) is 30.5 Å². The largest absolute Gasteiger partial charge is 0.269 e. The lowest BCUT2D eigenvalue weighted by molar-refractivity contribution is -0.384. The minimum Gasteiger partial charge on any atom is -0.258 e. The molecule has 122 valence electrons. The number of non-ortho nitro benzene ring substituents is 1. The zero-order valence-electron chi connectivity index (χ0n) is 12.7. The van der Waals surface area contributed by atoms with Gasteiger partial charge in [-0.25, -0.2) is 13.1 Å². The maximum atomic E-state index is 12.3. The number of benzene rings is 2. The molecule has 7 heteroatoms. The smallest absolute Gasteiger partial charge is 0.258 e. The molecule has 0 fully saturated rings. The quantitative estimate of drug-likeness (QED) is 0.622. The average molecular weight is 334 g/mol. The van der Waals surface area contributed by atoms with Gasteiger partial charge in [0.25, 0.3) is 5.69 Å². The van der Waals surface area contributed by atoms with Gasteiger partial charge >= 0.3 is 0 Å². The summed E-state index contributed by atoms with van der Waals surface area (Å²) in [6.07, 6.45) is 0.609. The van der Waals surface area contributed by atoms with E-state index in [4.69, 9.17) is 0 Å². The Bertz CT molecular complexity index is 776. The molecule has 0 amide bonds. The highest BCUT2D eigenvalue weighted by atomic mass is 32.2. The number of hydrogen-bond donors (Lipinski definition) is 1. The lowest BCUT2D eigenvalue weighted by atomic mass is 10.1. The Morgan fingerprint density at radius 2 is 1.83 bits per heavy atom. The lowest BCUT2D eigenvalue weighted by Crippen LogP contribution is -2.29. The maximum absolute atomic E-state index is 12.3. The molecule has 1 atom stereocenters. The van der Waals surface area contributed by atoms with Gasteiger partial charge in [-0.3, -0.25) is 10.1 Å². The predicted molar refractivity (Wildman–Crippen MR) is 88.3 cm³/mol. The number of nitrogens with zero attached hydrogens (tertiary/aromatic N) is 1. The van der Waals surface area contributed by atoms with Crippen molar-refractivity contribution in [3.63, 3.8) is 0 Å². The minimum atomic E-state index is -3.61. The molecule has 2 rings (SSSR count). The molecule has 0 radical (unpaired) electrons. The van der Waals surface area contributed by atoms with Crippen molar-refractivity contribution in [2.45, 2.75) is 25.1 Å². The average Bonchev–Trinajstić information content (AvgIpc) is 2.53. The minimum absolute atomic E-state index is 0.118. The van der Waals surface area contributed by atoms with E-state index in [1.807, 2.05) is 37.3 Å². The Balaban J connectivity index is 2.15. The molecule has 0 bridgehead atoms. The molecule has 2 aromatic carbocycles. The monoisotopic (exact) mass is 334 g/mol. The van der Waals surface area contributed by atoms with Gasteiger partial charge in [0, 0.05) is 18.2 Å². The SMILES string of the molecule is CCC(NS(=O)(=O)Cc1cccc([N+](=O)[O-])c1)c1ccccc1. The summed E-state index contributed by atoms with van der Waals surface area (Å²) in [5, 5.41) is 10.8. The molecule has 0 saturated heterocycles. The Morgan fingerprint density at radius 1 is 1.13 bits per heavy atom.